The maximum Gasteiger partial charge on any atom is 0.326 e. The Hall–Kier alpha value is -2.09. The van der Waals surface area contributed by atoms with Crippen molar-refractivity contribution in [2.45, 2.75) is 26.3 Å². The zero-order chi connectivity index (χ0) is 17.4. The van der Waals surface area contributed by atoms with E-state index in [1.165, 1.54) is 0 Å². The van der Waals surface area contributed by atoms with E-state index in [0.717, 1.165) is 4.47 Å². The number of halogens is 1. The molecule has 0 saturated carbocycles. The van der Waals surface area contributed by atoms with Crippen molar-refractivity contribution in [2.24, 2.45) is 5.92 Å². The summed E-state index contributed by atoms with van der Waals surface area (Å²) in [5.41, 5.74) is 0.626. The molecule has 23 heavy (non-hydrogen) atoms. The lowest BCUT2D eigenvalue weighted by molar-refractivity contribution is -0.143. The highest BCUT2D eigenvalue weighted by Gasteiger charge is 2.23. The van der Waals surface area contributed by atoms with Crippen LogP contribution < -0.4 is 16.0 Å². The summed E-state index contributed by atoms with van der Waals surface area (Å²) in [4.78, 5) is 34.3. The average Bonchev–Trinajstić information content (AvgIpc) is 2.46. The molecule has 0 aliphatic carbocycles. The molecule has 8 heteroatoms. The first kappa shape index (κ1) is 19.0. The lowest BCUT2D eigenvalue weighted by atomic mass is 10.0. The predicted molar refractivity (Wildman–Crippen MR) is 90.2 cm³/mol. The number of urea groups is 1. The first-order chi connectivity index (χ1) is 10.8. The average molecular weight is 386 g/mol. The van der Waals surface area contributed by atoms with Gasteiger partial charge in [-0.2, -0.15) is 0 Å². The number of benzene rings is 1. The van der Waals surface area contributed by atoms with Crippen molar-refractivity contribution in [1.82, 2.24) is 10.6 Å². The highest BCUT2D eigenvalue weighted by Crippen LogP contribution is 2.13. The van der Waals surface area contributed by atoms with Gasteiger partial charge in [-0.15, -0.1) is 0 Å². The molecule has 0 aromatic heterocycles. The number of carboxylic acids is 1. The number of anilines is 1. The van der Waals surface area contributed by atoms with E-state index in [2.05, 4.69) is 31.9 Å². The second kappa shape index (κ2) is 9.14. The van der Waals surface area contributed by atoms with Crippen molar-refractivity contribution in [1.29, 1.82) is 0 Å². The number of hydrogen-bond acceptors (Lipinski definition) is 3. The predicted octanol–water partition coefficient (Wildman–Crippen LogP) is 2.19. The number of rotatable bonds is 7. The fourth-order valence-electron chi connectivity index (χ4n) is 1.76. The molecule has 0 aliphatic heterocycles. The molecular weight excluding hydrogens is 366 g/mol. The Kier molecular flexibility index (Phi) is 7.53. The topological polar surface area (TPSA) is 108 Å². The summed E-state index contributed by atoms with van der Waals surface area (Å²) >= 11 is 3.29. The Morgan fingerprint density at radius 2 is 1.78 bits per heavy atom. The van der Waals surface area contributed by atoms with Crippen LogP contribution in [0.3, 0.4) is 0 Å². The molecule has 4 N–H and O–H groups in total. The molecule has 0 saturated heterocycles. The Labute approximate surface area is 143 Å². The third-order valence-electron chi connectivity index (χ3n) is 2.99. The largest absolute Gasteiger partial charge is 0.480 e. The fraction of sp³-hybridized carbons (Fsp3) is 0.400. The number of carbonyl (C=O) groups excluding carboxylic acids is 2. The van der Waals surface area contributed by atoms with Gasteiger partial charge in [0.2, 0.25) is 5.91 Å². The van der Waals surface area contributed by atoms with E-state index >= 15 is 0 Å². The van der Waals surface area contributed by atoms with Crippen LogP contribution in [0.1, 0.15) is 20.3 Å². The molecule has 0 heterocycles. The first-order valence-corrected chi connectivity index (χ1v) is 7.91. The van der Waals surface area contributed by atoms with Crippen molar-refractivity contribution >= 4 is 39.5 Å². The first-order valence-electron chi connectivity index (χ1n) is 7.12. The molecule has 7 nitrogen and oxygen atoms in total. The molecule has 126 valence electrons. The Bertz CT molecular complexity index is 560. The van der Waals surface area contributed by atoms with E-state index in [1.54, 1.807) is 38.1 Å². The van der Waals surface area contributed by atoms with E-state index in [-0.39, 0.29) is 18.9 Å². The fourth-order valence-corrected chi connectivity index (χ4v) is 2.02. The van der Waals surface area contributed by atoms with Crippen LogP contribution in [0.4, 0.5) is 10.5 Å². The minimum Gasteiger partial charge on any atom is -0.480 e. The smallest absolute Gasteiger partial charge is 0.326 e. The third kappa shape index (κ3) is 7.14. The van der Waals surface area contributed by atoms with Gasteiger partial charge in [-0.05, 0) is 30.2 Å². The van der Waals surface area contributed by atoms with Crippen LogP contribution in [-0.4, -0.2) is 35.6 Å². The molecule has 1 aromatic rings. The van der Waals surface area contributed by atoms with Gasteiger partial charge in [0, 0.05) is 23.1 Å². The van der Waals surface area contributed by atoms with Gasteiger partial charge in [0.15, 0.2) is 0 Å². The summed E-state index contributed by atoms with van der Waals surface area (Å²) in [6.07, 6.45) is 0.00422. The van der Waals surface area contributed by atoms with E-state index in [1.807, 2.05) is 0 Å². The van der Waals surface area contributed by atoms with Gasteiger partial charge >= 0.3 is 12.0 Å². The molecule has 1 atom stereocenters. The second-order valence-electron chi connectivity index (χ2n) is 5.27. The minimum atomic E-state index is -1.07. The number of carbonyl (C=O) groups is 3. The Balaban J connectivity index is 2.32. The van der Waals surface area contributed by atoms with E-state index in [4.69, 9.17) is 5.11 Å². The molecular formula is C15H20BrN3O4. The van der Waals surface area contributed by atoms with Crippen molar-refractivity contribution in [3.63, 3.8) is 0 Å². The van der Waals surface area contributed by atoms with Gasteiger partial charge in [-0.3, -0.25) is 4.79 Å². The second-order valence-corrected chi connectivity index (χ2v) is 6.18. The third-order valence-corrected chi connectivity index (χ3v) is 3.52. The van der Waals surface area contributed by atoms with Crippen LogP contribution in [0.5, 0.6) is 0 Å². The van der Waals surface area contributed by atoms with Crippen molar-refractivity contribution < 1.29 is 19.5 Å². The molecule has 0 radical (unpaired) electrons. The van der Waals surface area contributed by atoms with Crippen molar-refractivity contribution in [3.8, 4) is 0 Å². The normalized spacial score (nSPS) is 11.7. The molecule has 0 bridgehead atoms. The van der Waals surface area contributed by atoms with Crippen molar-refractivity contribution in [3.05, 3.63) is 28.7 Å². The summed E-state index contributed by atoms with van der Waals surface area (Å²) in [5.74, 6) is -1.71. The van der Waals surface area contributed by atoms with Gasteiger partial charge in [-0.1, -0.05) is 29.8 Å². The standard InChI is InChI=1S/C15H20BrN3O4/c1-9(2)13(14(21)22)19-12(20)7-8-17-15(23)18-11-5-3-10(16)4-6-11/h3-6,9,13H,7-8H2,1-2H3,(H,19,20)(H,21,22)(H2,17,18,23)/t13-/m0/s1. The van der Waals surface area contributed by atoms with Crippen LogP contribution >= 0.6 is 15.9 Å². The zero-order valence-electron chi connectivity index (χ0n) is 12.9. The van der Waals surface area contributed by atoms with E-state index < -0.39 is 23.9 Å². The quantitative estimate of drug-likeness (QED) is 0.576. The SMILES string of the molecule is CC(C)[C@H](NC(=O)CCNC(=O)Nc1ccc(Br)cc1)C(=O)O. The molecule has 0 unspecified atom stereocenters. The summed E-state index contributed by atoms with van der Waals surface area (Å²) in [6, 6.07) is 5.69. The highest BCUT2D eigenvalue weighted by molar-refractivity contribution is 9.10. The summed E-state index contributed by atoms with van der Waals surface area (Å²) in [7, 11) is 0. The van der Waals surface area contributed by atoms with Gasteiger partial charge in [0.1, 0.15) is 6.04 Å². The van der Waals surface area contributed by atoms with Crippen LogP contribution in [0, 0.1) is 5.92 Å². The van der Waals surface area contributed by atoms with Gasteiger partial charge < -0.3 is 21.1 Å². The molecule has 3 amide bonds. The maximum absolute atomic E-state index is 11.7. The number of nitrogens with one attached hydrogen (secondary N) is 3. The van der Waals surface area contributed by atoms with Crippen LogP contribution in [0.2, 0.25) is 0 Å². The van der Waals surface area contributed by atoms with E-state index in [0.29, 0.717) is 5.69 Å². The Morgan fingerprint density at radius 1 is 1.17 bits per heavy atom. The maximum atomic E-state index is 11.7. The summed E-state index contributed by atoms with van der Waals surface area (Å²) in [5, 5.41) is 16.6. The number of amides is 3. The van der Waals surface area contributed by atoms with Crippen molar-refractivity contribution in [2.75, 3.05) is 11.9 Å². The van der Waals surface area contributed by atoms with Crippen LogP contribution in [0.15, 0.2) is 28.7 Å². The van der Waals surface area contributed by atoms with Crippen LogP contribution in [0.25, 0.3) is 0 Å². The lowest BCUT2D eigenvalue weighted by Crippen LogP contribution is -2.45. The highest BCUT2D eigenvalue weighted by atomic mass is 79.9. The molecule has 0 fully saturated rings. The van der Waals surface area contributed by atoms with E-state index in [9.17, 15) is 14.4 Å². The zero-order valence-corrected chi connectivity index (χ0v) is 14.5. The summed E-state index contributed by atoms with van der Waals surface area (Å²) in [6.45, 7) is 3.53. The van der Waals surface area contributed by atoms with Gasteiger partial charge in [0.25, 0.3) is 0 Å². The summed E-state index contributed by atoms with van der Waals surface area (Å²) < 4.78 is 0.901. The number of carboxylic acid groups (broad SMARTS) is 1. The number of aliphatic carboxylic acids is 1. The lowest BCUT2D eigenvalue weighted by Gasteiger charge is -2.17. The van der Waals surface area contributed by atoms with Crippen LogP contribution in [-0.2, 0) is 9.59 Å². The molecule has 1 rings (SSSR count). The minimum absolute atomic E-state index is 0.00422. The molecule has 0 spiro atoms. The molecule has 1 aromatic carbocycles. The van der Waals surface area contributed by atoms with Gasteiger partial charge in [0.05, 0.1) is 0 Å². The van der Waals surface area contributed by atoms with Gasteiger partial charge in [-0.25, -0.2) is 9.59 Å². The molecule has 0 aliphatic rings. The number of hydrogen-bond donors (Lipinski definition) is 4. The Morgan fingerprint density at radius 3 is 2.30 bits per heavy atom. The monoisotopic (exact) mass is 385 g/mol.